The Balaban J connectivity index is 1.87. The highest BCUT2D eigenvalue weighted by Gasteiger charge is 2.02. The largest absolute Gasteiger partial charge is 0.493 e. The lowest BCUT2D eigenvalue weighted by molar-refractivity contribution is 0.318. The van der Waals surface area contributed by atoms with Gasteiger partial charge in [-0.3, -0.25) is 0 Å². The predicted molar refractivity (Wildman–Crippen MR) is 77.3 cm³/mol. The van der Waals surface area contributed by atoms with Crippen LogP contribution in [0.4, 0.5) is 0 Å². The first-order valence-electron chi connectivity index (χ1n) is 6.32. The van der Waals surface area contributed by atoms with Crippen molar-refractivity contribution in [3.05, 3.63) is 52.2 Å². The van der Waals surface area contributed by atoms with Crippen LogP contribution < -0.4 is 10.1 Å². The third kappa shape index (κ3) is 3.86. The smallest absolute Gasteiger partial charge is 0.123 e. The summed E-state index contributed by atoms with van der Waals surface area (Å²) in [7, 11) is 0. The Bertz CT molecular complexity index is 453. The van der Waals surface area contributed by atoms with Crippen molar-refractivity contribution >= 4 is 11.3 Å². The quantitative estimate of drug-likeness (QED) is 0.824. The first-order chi connectivity index (χ1) is 8.90. The van der Waals surface area contributed by atoms with Gasteiger partial charge in [-0.1, -0.05) is 25.1 Å². The number of hydrogen-bond donors (Lipinski definition) is 1. The van der Waals surface area contributed by atoms with Gasteiger partial charge in [0.2, 0.25) is 0 Å². The molecule has 0 unspecified atom stereocenters. The van der Waals surface area contributed by atoms with E-state index in [0.717, 1.165) is 31.9 Å². The number of rotatable bonds is 7. The Morgan fingerprint density at radius 2 is 2.11 bits per heavy atom. The van der Waals surface area contributed by atoms with Crippen LogP contribution in [-0.2, 0) is 13.0 Å². The van der Waals surface area contributed by atoms with Crippen molar-refractivity contribution in [2.24, 2.45) is 0 Å². The third-order valence-electron chi connectivity index (χ3n) is 2.77. The van der Waals surface area contributed by atoms with Crippen molar-refractivity contribution in [1.82, 2.24) is 5.32 Å². The summed E-state index contributed by atoms with van der Waals surface area (Å²) in [5.41, 5.74) is 2.58. The molecule has 2 rings (SSSR count). The van der Waals surface area contributed by atoms with Gasteiger partial charge in [0, 0.05) is 18.5 Å². The van der Waals surface area contributed by atoms with Gasteiger partial charge in [0.1, 0.15) is 5.75 Å². The van der Waals surface area contributed by atoms with E-state index in [1.165, 1.54) is 11.1 Å². The van der Waals surface area contributed by atoms with Crippen molar-refractivity contribution in [3.63, 3.8) is 0 Å². The summed E-state index contributed by atoms with van der Waals surface area (Å²) in [5.74, 6) is 0.994. The number of nitrogens with one attached hydrogen (secondary N) is 1. The van der Waals surface area contributed by atoms with Gasteiger partial charge in [0.15, 0.2) is 0 Å². The zero-order valence-electron chi connectivity index (χ0n) is 10.7. The molecule has 1 aromatic heterocycles. The van der Waals surface area contributed by atoms with Crippen LogP contribution in [0.15, 0.2) is 41.1 Å². The maximum Gasteiger partial charge on any atom is 0.123 e. The molecule has 0 atom stereocenters. The van der Waals surface area contributed by atoms with Crippen LogP contribution in [0, 0.1) is 0 Å². The lowest BCUT2D eigenvalue weighted by Gasteiger charge is -2.11. The van der Waals surface area contributed by atoms with Crippen LogP contribution in [0.1, 0.15) is 18.1 Å². The van der Waals surface area contributed by atoms with E-state index in [1.54, 1.807) is 11.3 Å². The first-order valence-corrected chi connectivity index (χ1v) is 7.27. The summed E-state index contributed by atoms with van der Waals surface area (Å²) in [4.78, 5) is 0. The fourth-order valence-electron chi connectivity index (χ4n) is 1.76. The maximum absolute atomic E-state index is 5.87. The van der Waals surface area contributed by atoms with Crippen molar-refractivity contribution < 1.29 is 4.74 Å². The maximum atomic E-state index is 5.87. The summed E-state index contributed by atoms with van der Waals surface area (Å²) in [6.07, 6.45) is 0.971. The molecule has 0 bridgehead atoms. The second-order valence-corrected chi connectivity index (χ2v) is 4.90. The molecule has 18 heavy (non-hydrogen) atoms. The van der Waals surface area contributed by atoms with E-state index in [1.807, 2.05) is 12.1 Å². The molecule has 0 saturated heterocycles. The van der Waals surface area contributed by atoms with Crippen molar-refractivity contribution in [2.45, 2.75) is 19.9 Å². The zero-order chi connectivity index (χ0) is 12.6. The molecular weight excluding hydrogens is 242 g/mol. The summed E-state index contributed by atoms with van der Waals surface area (Å²) in [6.45, 7) is 4.69. The second-order valence-electron chi connectivity index (χ2n) is 4.12. The van der Waals surface area contributed by atoms with Gasteiger partial charge in [-0.15, -0.1) is 0 Å². The van der Waals surface area contributed by atoms with Gasteiger partial charge in [0.25, 0.3) is 0 Å². The summed E-state index contributed by atoms with van der Waals surface area (Å²) in [5, 5.41) is 7.61. The minimum atomic E-state index is 0.736. The fourth-order valence-corrected chi connectivity index (χ4v) is 2.47. The van der Waals surface area contributed by atoms with Crippen LogP contribution in [0.5, 0.6) is 5.75 Å². The van der Waals surface area contributed by atoms with E-state index in [9.17, 15) is 0 Å². The van der Waals surface area contributed by atoms with Gasteiger partial charge in [-0.25, -0.2) is 0 Å². The molecule has 2 aromatic rings. The minimum Gasteiger partial charge on any atom is -0.493 e. The highest BCUT2D eigenvalue weighted by atomic mass is 32.1. The Labute approximate surface area is 113 Å². The van der Waals surface area contributed by atoms with E-state index >= 15 is 0 Å². The first kappa shape index (κ1) is 13.1. The standard InChI is InChI=1S/C15H19NOS/c1-2-16-11-14-5-3-4-6-15(14)17-9-7-13-8-10-18-12-13/h3-6,8,10,12,16H,2,7,9,11H2,1H3. The number of ether oxygens (including phenoxy) is 1. The monoisotopic (exact) mass is 261 g/mol. The molecule has 0 radical (unpaired) electrons. The van der Waals surface area contributed by atoms with Crippen molar-refractivity contribution in [2.75, 3.05) is 13.2 Å². The lowest BCUT2D eigenvalue weighted by Crippen LogP contribution is -2.13. The molecule has 0 aliphatic carbocycles. The van der Waals surface area contributed by atoms with Gasteiger partial charge in [-0.2, -0.15) is 11.3 Å². The average molecular weight is 261 g/mol. The van der Waals surface area contributed by atoms with Crippen LogP contribution in [-0.4, -0.2) is 13.2 Å². The molecular formula is C15H19NOS. The topological polar surface area (TPSA) is 21.3 Å². The molecule has 96 valence electrons. The van der Waals surface area contributed by atoms with Crippen LogP contribution in [0.3, 0.4) is 0 Å². The summed E-state index contributed by atoms with van der Waals surface area (Å²) < 4.78 is 5.87. The minimum absolute atomic E-state index is 0.736. The van der Waals surface area contributed by atoms with Crippen LogP contribution >= 0.6 is 11.3 Å². The highest BCUT2D eigenvalue weighted by Crippen LogP contribution is 2.18. The SMILES string of the molecule is CCNCc1ccccc1OCCc1ccsc1. The molecule has 1 N–H and O–H groups in total. The van der Waals surface area contributed by atoms with Crippen LogP contribution in [0.25, 0.3) is 0 Å². The van der Waals surface area contributed by atoms with E-state index in [0.29, 0.717) is 0 Å². The average Bonchev–Trinajstić information content (AvgIpc) is 2.91. The molecule has 0 spiro atoms. The molecule has 1 heterocycles. The Kier molecular flexibility index (Phi) is 5.24. The molecule has 3 heteroatoms. The molecule has 1 aromatic carbocycles. The van der Waals surface area contributed by atoms with Crippen molar-refractivity contribution in [1.29, 1.82) is 0 Å². The van der Waals surface area contributed by atoms with Crippen LogP contribution in [0.2, 0.25) is 0 Å². The molecule has 2 nitrogen and oxygen atoms in total. The van der Waals surface area contributed by atoms with Gasteiger partial charge in [-0.05, 0) is 35.0 Å². The third-order valence-corrected chi connectivity index (χ3v) is 3.50. The fraction of sp³-hybridized carbons (Fsp3) is 0.333. The second kappa shape index (κ2) is 7.19. The van der Waals surface area contributed by atoms with Crippen molar-refractivity contribution in [3.8, 4) is 5.75 Å². The number of thiophene rings is 1. The lowest BCUT2D eigenvalue weighted by atomic mass is 10.2. The molecule has 0 aliphatic heterocycles. The summed E-state index contributed by atoms with van der Waals surface area (Å²) >= 11 is 1.73. The molecule has 0 amide bonds. The molecule has 0 aliphatic rings. The number of benzene rings is 1. The van der Waals surface area contributed by atoms with E-state index in [-0.39, 0.29) is 0 Å². The van der Waals surface area contributed by atoms with Gasteiger partial charge < -0.3 is 10.1 Å². The Hall–Kier alpha value is -1.32. The Morgan fingerprint density at radius 3 is 2.89 bits per heavy atom. The zero-order valence-corrected chi connectivity index (χ0v) is 11.5. The van der Waals surface area contributed by atoms with E-state index in [4.69, 9.17) is 4.74 Å². The highest BCUT2D eigenvalue weighted by molar-refractivity contribution is 7.07. The predicted octanol–water partition coefficient (Wildman–Crippen LogP) is 3.48. The van der Waals surface area contributed by atoms with E-state index in [2.05, 4.69) is 41.2 Å². The Morgan fingerprint density at radius 1 is 1.22 bits per heavy atom. The van der Waals surface area contributed by atoms with E-state index < -0.39 is 0 Å². The number of hydrogen-bond acceptors (Lipinski definition) is 3. The summed E-state index contributed by atoms with van der Waals surface area (Å²) in [6, 6.07) is 10.4. The molecule has 0 saturated carbocycles. The van der Waals surface area contributed by atoms with Gasteiger partial charge in [0.05, 0.1) is 6.61 Å². The normalized spacial score (nSPS) is 10.5. The molecule has 0 fully saturated rings. The number of para-hydroxylation sites is 1. The van der Waals surface area contributed by atoms with Gasteiger partial charge >= 0.3 is 0 Å².